The van der Waals surface area contributed by atoms with Crippen LogP contribution in [0.25, 0.3) is 82.8 Å². The first-order valence-corrected chi connectivity index (χ1v) is 24.1. The molecule has 13 aromatic rings. The number of hydrogen-bond donors (Lipinski definition) is 0. The van der Waals surface area contributed by atoms with Crippen molar-refractivity contribution in [2.24, 2.45) is 0 Å². The summed E-state index contributed by atoms with van der Waals surface area (Å²) in [6.07, 6.45) is 0. The molecule has 0 aliphatic heterocycles. The van der Waals surface area contributed by atoms with Crippen molar-refractivity contribution >= 4 is 83.5 Å². The van der Waals surface area contributed by atoms with Crippen molar-refractivity contribution in [2.45, 2.75) is 0 Å². The van der Waals surface area contributed by atoms with Gasteiger partial charge in [-0.15, -0.1) is 0 Å². The second-order valence-corrected chi connectivity index (χ2v) is 20.7. The van der Waals surface area contributed by atoms with Gasteiger partial charge < -0.3 is 13.7 Å². The first-order valence-electron chi connectivity index (χ1n) is 22.1. The molecule has 0 saturated carbocycles. The molecule has 0 amide bonds. The molecular formula is C60H41N3Si. The second-order valence-electron chi connectivity index (χ2n) is 16.8. The van der Waals surface area contributed by atoms with Gasteiger partial charge in [-0.25, -0.2) is 0 Å². The molecule has 0 spiro atoms. The van der Waals surface area contributed by atoms with Crippen LogP contribution in [0, 0.1) is 0 Å². The summed E-state index contributed by atoms with van der Waals surface area (Å²) < 4.78 is 7.40. The quantitative estimate of drug-likeness (QED) is 0.107. The van der Waals surface area contributed by atoms with Gasteiger partial charge >= 0.3 is 0 Å². The van der Waals surface area contributed by atoms with Gasteiger partial charge in [-0.3, -0.25) is 0 Å². The van der Waals surface area contributed by atoms with Gasteiger partial charge in [0.05, 0.1) is 38.8 Å². The van der Waals surface area contributed by atoms with Gasteiger partial charge in [0.25, 0.3) is 0 Å². The Hall–Kier alpha value is -8.18. The first-order chi connectivity index (χ1) is 31.8. The minimum absolute atomic E-state index is 1.15. The Balaban J connectivity index is 1.00. The molecule has 0 aliphatic rings. The van der Waals surface area contributed by atoms with E-state index >= 15 is 0 Å². The maximum absolute atomic E-state index is 2.74. The fraction of sp³-hybridized carbons (Fsp3) is 0. The smallest absolute Gasteiger partial charge is 0.179 e. The maximum atomic E-state index is 2.50. The lowest BCUT2D eigenvalue weighted by atomic mass is 10.0. The highest BCUT2D eigenvalue weighted by Gasteiger charge is 2.41. The Labute approximate surface area is 372 Å². The van der Waals surface area contributed by atoms with E-state index in [0.29, 0.717) is 0 Å². The molecule has 0 aliphatic carbocycles. The average Bonchev–Trinajstić information content (AvgIpc) is 4.02. The van der Waals surface area contributed by atoms with Crippen LogP contribution in [0.3, 0.4) is 0 Å². The van der Waals surface area contributed by atoms with Crippen molar-refractivity contribution in [3.63, 3.8) is 0 Å². The van der Waals surface area contributed by atoms with Gasteiger partial charge in [-0.1, -0.05) is 182 Å². The number of para-hydroxylation sites is 3. The van der Waals surface area contributed by atoms with Crippen LogP contribution in [0.15, 0.2) is 249 Å². The van der Waals surface area contributed by atoms with E-state index in [9.17, 15) is 0 Å². The summed E-state index contributed by atoms with van der Waals surface area (Å²) in [5.41, 5.74) is 13.1. The van der Waals surface area contributed by atoms with Crippen LogP contribution in [0.1, 0.15) is 0 Å². The molecule has 3 nitrogen and oxygen atoms in total. The van der Waals surface area contributed by atoms with Crippen LogP contribution in [0.5, 0.6) is 0 Å². The fourth-order valence-electron chi connectivity index (χ4n) is 11.0. The molecule has 0 N–H and O–H groups in total. The minimum atomic E-state index is -2.74. The van der Waals surface area contributed by atoms with E-state index in [4.69, 9.17) is 0 Å². The van der Waals surface area contributed by atoms with E-state index < -0.39 is 8.07 Å². The zero-order chi connectivity index (χ0) is 42.2. The lowest BCUT2D eigenvalue weighted by Gasteiger charge is -2.34. The zero-order valence-corrected chi connectivity index (χ0v) is 36.0. The third-order valence-corrected chi connectivity index (χ3v) is 18.3. The molecule has 10 aromatic carbocycles. The third-order valence-electron chi connectivity index (χ3n) is 13.6. The SMILES string of the molecule is c1ccc([Si](c2ccccc2)(c2ccccc2)c2cccc(-n3c4cccc5c4c4c3cccc4n5-c3ccccc3-c3cccc(-n4c5ccccc5c5ccccc54)c3)c2)cc1. The molecule has 0 saturated heterocycles. The summed E-state index contributed by atoms with van der Waals surface area (Å²) in [6, 6.07) is 92.1. The third kappa shape index (κ3) is 5.27. The monoisotopic (exact) mass is 831 g/mol. The molecule has 4 heteroatoms. The highest BCUT2D eigenvalue weighted by atomic mass is 28.3. The fourth-order valence-corrected chi connectivity index (χ4v) is 15.8. The van der Waals surface area contributed by atoms with Gasteiger partial charge in [0.15, 0.2) is 8.07 Å². The summed E-state index contributed by atoms with van der Waals surface area (Å²) >= 11 is 0. The van der Waals surface area contributed by atoms with Crippen molar-refractivity contribution in [3.05, 3.63) is 249 Å². The lowest BCUT2D eigenvalue weighted by molar-refractivity contribution is 1.16. The molecule has 0 unspecified atom stereocenters. The summed E-state index contributed by atoms with van der Waals surface area (Å²) in [5.74, 6) is 0. The molecule has 13 rings (SSSR count). The Bertz CT molecular complexity index is 3620. The highest BCUT2D eigenvalue weighted by molar-refractivity contribution is 7.19. The highest BCUT2D eigenvalue weighted by Crippen LogP contribution is 2.44. The molecular weight excluding hydrogens is 791 g/mol. The minimum Gasteiger partial charge on any atom is -0.309 e. The Morgan fingerprint density at radius 3 is 1.22 bits per heavy atom. The molecule has 0 atom stereocenters. The number of rotatable bonds is 8. The maximum Gasteiger partial charge on any atom is 0.179 e. The Kier molecular flexibility index (Phi) is 8.23. The van der Waals surface area contributed by atoms with Gasteiger partial charge in [0.2, 0.25) is 0 Å². The predicted octanol–water partition coefficient (Wildman–Crippen LogP) is 12.3. The second kappa shape index (κ2) is 14.5. The molecule has 300 valence electrons. The van der Waals surface area contributed by atoms with Gasteiger partial charge in [0, 0.05) is 38.5 Å². The summed E-state index contributed by atoms with van der Waals surface area (Å²) in [7, 11) is -2.74. The molecule has 0 fully saturated rings. The molecule has 3 heterocycles. The van der Waals surface area contributed by atoms with Crippen molar-refractivity contribution in [1.29, 1.82) is 0 Å². The largest absolute Gasteiger partial charge is 0.309 e. The van der Waals surface area contributed by atoms with Crippen molar-refractivity contribution in [1.82, 2.24) is 13.7 Å². The molecule has 3 aromatic heterocycles. The number of benzene rings is 10. The van der Waals surface area contributed by atoms with E-state index in [2.05, 4.69) is 262 Å². The number of hydrogen-bond acceptors (Lipinski definition) is 0. The van der Waals surface area contributed by atoms with E-state index in [1.165, 1.54) is 92.2 Å². The van der Waals surface area contributed by atoms with E-state index in [-0.39, 0.29) is 0 Å². The predicted molar refractivity (Wildman–Crippen MR) is 272 cm³/mol. The van der Waals surface area contributed by atoms with Crippen LogP contribution in [-0.4, -0.2) is 21.8 Å². The Morgan fingerprint density at radius 2 is 0.656 bits per heavy atom. The molecule has 64 heavy (non-hydrogen) atoms. The standard InChI is InChI=1S/C60H41N3Si/c1-4-23-45(24-5-1)64(46-25-6-2-7-26-46,47-27-8-3-9-28-47)48-29-17-22-44(41-48)62-55-36-18-38-57-59(55)60-56(62)37-19-39-58(60)63(57)52-33-13-10-30-49(52)42-20-16-21-43(40-42)61-53-34-14-11-31-50(53)51-32-12-15-35-54(51)61/h1-41H. The zero-order valence-electron chi connectivity index (χ0n) is 35.0. The van der Waals surface area contributed by atoms with Crippen molar-refractivity contribution in [2.75, 3.05) is 0 Å². The summed E-state index contributed by atoms with van der Waals surface area (Å²) in [6.45, 7) is 0. The number of nitrogens with zero attached hydrogens (tertiary/aromatic N) is 3. The van der Waals surface area contributed by atoms with Gasteiger partial charge in [0.1, 0.15) is 0 Å². The van der Waals surface area contributed by atoms with E-state index in [0.717, 1.165) is 11.4 Å². The Morgan fingerprint density at radius 1 is 0.266 bits per heavy atom. The first kappa shape index (κ1) is 36.5. The topological polar surface area (TPSA) is 14.8 Å². The normalized spacial score (nSPS) is 12.1. The average molecular weight is 832 g/mol. The van der Waals surface area contributed by atoms with Crippen LogP contribution >= 0.6 is 0 Å². The number of fused-ring (bicyclic) bond motifs is 3. The van der Waals surface area contributed by atoms with E-state index in [1.54, 1.807) is 0 Å². The summed E-state index contributed by atoms with van der Waals surface area (Å²) in [5, 5.41) is 10.6. The van der Waals surface area contributed by atoms with Crippen LogP contribution in [-0.2, 0) is 0 Å². The number of aromatic nitrogens is 3. The van der Waals surface area contributed by atoms with Gasteiger partial charge in [-0.05, 0) is 93.0 Å². The van der Waals surface area contributed by atoms with Crippen molar-refractivity contribution < 1.29 is 0 Å². The lowest BCUT2D eigenvalue weighted by Crippen LogP contribution is -2.74. The molecule has 0 bridgehead atoms. The van der Waals surface area contributed by atoms with Crippen LogP contribution in [0.4, 0.5) is 0 Å². The van der Waals surface area contributed by atoms with Crippen molar-refractivity contribution in [3.8, 4) is 28.2 Å². The van der Waals surface area contributed by atoms with E-state index in [1.807, 2.05) is 0 Å². The van der Waals surface area contributed by atoms with Gasteiger partial charge in [-0.2, -0.15) is 0 Å². The van der Waals surface area contributed by atoms with Crippen LogP contribution in [0.2, 0.25) is 0 Å². The van der Waals surface area contributed by atoms with Crippen LogP contribution < -0.4 is 20.7 Å². The summed E-state index contributed by atoms with van der Waals surface area (Å²) in [4.78, 5) is 0. The molecule has 0 radical (unpaired) electrons.